The van der Waals surface area contributed by atoms with Crippen molar-refractivity contribution in [2.75, 3.05) is 6.61 Å². The molecule has 2 unspecified atom stereocenters. The summed E-state index contributed by atoms with van der Waals surface area (Å²) < 4.78 is 11.4. The summed E-state index contributed by atoms with van der Waals surface area (Å²) in [6.07, 6.45) is 6.47. The zero-order valence-electron chi connectivity index (χ0n) is 9.24. The summed E-state index contributed by atoms with van der Waals surface area (Å²) in [4.78, 5) is 4.51. The predicted octanol–water partition coefficient (Wildman–Crippen LogP) is 2.44. The Morgan fingerprint density at radius 1 is 1.19 bits per heavy atom. The number of fused-ring (bicyclic) bond motifs is 4. The molecule has 16 heavy (non-hydrogen) atoms. The molecular weight excluding hydrogens is 202 g/mol. The molecule has 2 aliphatic heterocycles. The Hall–Kier alpha value is -1.25. The monoisotopic (exact) mass is 217 g/mol. The highest BCUT2D eigenvalue weighted by Gasteiger charge is 2.38. The molecule has 1 aromatic rings. The molecular formula is C13H15NO2. The van der Waals surface area contributed by atoms with Crippen LogP contribution in [0.25, 0.3) is 0 Å². The van der Waals surface area contributed by atoms with E-state index in [2.05, 4.69) is 11.1 Å². The van der Waals surface area contributed by atoms with Crippen LogP contribution in [0.1, 0.15) is 42.7 Å². The van der Waals surface area contributed by atoms with Crippen molar-refractivity contribution < 1.29 is 9.47 Å². The van der Waals surface area contributed by atoms with E-state index in [4.69, 9.17) is 9.47 Å². The van der Waals surface area contributed by atoms with E-state index in [0.717, 1.165) is 24.8 Å². The largest absolute Gasteiger partial charge is 0.477 e. The fourth-order valence-corrected chi connectivity index (χ4v) is 3.20. The molecule has 3 aliphatic rings. The second-order valence-electron chi connectivity index (χ2n) is 4.99. The lowest BCUT2D eigenvalue weighted by Gasteiger charge is -2.23. The number of hydrogen-bond acceptors (Lipinski definition) is 3. The minimum atomic E-state index is 0.388. The summed E-state index contributed by atoms with van der Waals surface area (Å²) in [5, 5.41) is 0. The number of hydrogen-bond donors (Lipinski definition) is 0. The second-order valence-corrected chi connectivity index (χ2v) is 4.99. The first kappa shape index (κ1) is 8.85. The molecule has 0 spiro atoms. The summed E-state index contributed by atoms with van der Waals surface area (Å²) in [5.74, 6) is 2.25. The van der Waals surface area contributed by atoms with Gasteiger partial charge < -0.3 is 9.47 Å². The highest BCUT2D eigenvalue weighted by molar-refractivity contribution is 5.44. The minimum absolute atomic E-state index is 0.388. The zero-order valence-corrected chi connectivity index (χ0v) is 9.24. The quantitative estimate of drug-likeness (QED) is 0.668. The highest BCUT2D eigenvalue weighted by Crippen LogP contribution is 2.46. The van der Waals surface area contributed by atoms with Crippen LogP contribution >= 0.6 is 0 Å². The number of pyridine rings is 1. The first-order valence-corrected chi connectivity index (χ1v) is 6.25. The average molecular weight is 217 g/mol. The van der Waals surface area contributed by atoms with Gasteiger partial charge in [0.05, 0.1) is 6.61 Å². The Balaban J connectivity index is 1.80. The molecule has 3 nitrogen and oxygen atoms in total. The van der Waals surface area contributed by atoms with Gasteiger partial charge in [-0.1, -0.05) is 6.42 Å². The molecule has 84 valence electrons. The van der Waals surface area contributed by atoms with E-state index in [1.54, 1.807) is 0 Å². The molecule has 1 aromatic heterocycles. The molecule has 0 saturated heterocycles. The van der Waals surface area contributed by atoms with Gasteiger partial charge in [-0.05, 0) is 25.3 Å². The van der Waals surface area contributed by atoms with Gasteiger partial charge in [0.1, 0.15) is 6.10 Å². The summed E-state index contributed by atoms with van der Waals surface area (Å²) in [6, 6.07) is 2.28. The topological polar surface area (TPSA) is 31.4 Å². The third-order valence-corrected chi connectivity index (χ3v) is 4.03. The van der Waals surface area contributed by atoms with E-state index in [1.807, 2.05) is 0 Å². The van der Waals surface area contributed by atoms with E-state index in [9.17, 15) is 0 Å². The van der Waals surface area contributed by atoms with Crippen molar-refractivity contribution in [1.29, 1.82) is 0 Å². The van der Waals surface area contributed by atoms with E-state index in [-0.39, 0.29) is 0 Å². The molecule has 1 fully saturated rings. The van der Waals surface area contributed by atoms with E-state index < -0.39 is 0 Å². The van der Waals surface area contributed by atoms with Gasteiger partial charge in [0.15, 0.2) is 0 Å². The Kier molecular flexibility index (Phi) is 1.73. The van der Waals surface area contributed by atoms with Gasteiger partial charge in [-0.2, -0.15) is 4.98 Å². The maximum atomic E-state index is 5.94. The van der Waals surface area contributed by atoms with Crippen molar-refractivity contribution in [3.63, 3.8) is 0 Å². The van der Waals surface area contributed by atoms with Crippen LogP contribution in [0.2, 0.25) is 0 Å². The van der Waals surface area contributed by atoms with Gasteiger partial charge in [-0.3, -0.25) is 0 Å². The van der Waals surface area contributed by atoms with Crippen LogP contribution in [0.5, 0.6) is 11.8 Å². The second kappa shape index (κ2) is 3.12. The molecule has 0 aromatic carbocycles. The van der Waals surface area contributed by atoms with Crippen LogP contribution in [-0.4, -0.2) is 17.7 Å². The molecule has 0 N–H and O–H groups in total. The number of ether oxygens (including phenoxy) is 2. The third-order valence-electron chi connectivity index (χ3n) is 4.03. The van der Waals surface area contributed by atoms with Crippen LogP contribution < -0.4 is 9.47 Å². The van der Waals surface area contributed by atoms with Crippen LogP contribution in [0, 0.1) is 0 Å². The molecule has 0 amide bonds. The standard InChI is InChI=1S/C13H15NO2/c1-2-4-11-9(3-1)10-7-8-5-6-15-12(8)14-13(10)16-11/h7,9,11H,1-6H2. The Morgan fingerprint density at radius 2 is 2.12 bits per heavy atom. The van der Waals surface area contributed by atoms with Crippen LogP contribution in [0.4, 0.5) is 0 Å². The van der Waals surface area contributed by atoms with Crippen molar-refractivity contribution >= 4 is 0 Å². The molecule has 1 saturated carbocycles. The SMILES string of the molecule is c1c2c(nc3c1C1CCCCC1O3)OCC2. The van der Waals surface area contributed by atoms with Crippen molar-refractivity contribution in [1.82, 2.24) is 4.98 Å². The van der Waals surface area contributed by atoms with Gasteiger partial charge in [0, 0.05) is 23.5 Å². The van der Waals surface area contributed by atoms with Crippen LogP contribution in [0.15, 0.2) is 6.07 Å². The first-order chi connectivity index (χ1) is 7.92. The summed E-state index contributed by atoms with van der Waals surface area (Å²) in [6.45, 7) is 0.777. The first-order valence-electron chi connectivity index (χ1n) is 6.25. The zero-order chi connectivity index (χ0) is 10.5. The lowest BCUT2D eigenvalue weighted by Crippen LogP contribution is -2.22. The van der Waals surface area contributed by atoms with Crippen molar-refractivity contribution in [3.8, 4) is 11.8 Å². The number of nitrogens with zero attached hydrogens (tertiary/aromatic N) is 1. The molecule has 3 heteroatoms. The van der Waals surface area contributed by atoms with Gasteiger partial charge in [0.2, 0.25) is 11.8 Å². The van der Waals surface area contributed by atoms with E-state index in [0.29, 0.717) is 12.0 Å². The lowest BCUT2D eigenvalue weighted by atomic mass is 9.83. The number of rotatable bonds is 0. The van der Waals surface area contributed by atoms with Gasteiger partial charge >= 0.3 is 0 Å². The molecule has 4 rings (SSSR count). The fourth-order valence-electron chi connectivity index (χ4n) is 3.20. The van der Waals surface area contributed by atoms with Gasteiger partial charge in [0.25, 0.3) is 0 Å². The van der Waals surface area contributed by atoms with Crippen molar-refractivity contribution in [3.05, 3.63) is 17.2 Å². The smallest absolute Gasteiger partial charge is 0.220 e. The maximum absolute atomic E-state index is 5.94. The summed E-state index contributed by atoms with van der Waals surface area (Å²) in [7, 11) is 0. The minimum Gasteiger partial charge on any atom is -0.477 e. The van der Waals surface area contributed by atoms with Crippen molar-refractivity contribution in [2.45, 2.75) is 44.1 Å². The highest BCUT2D eigenvalue weighted by atomic mass is 16.5. The number of aromatic nitrogens is 1. The Bertz CT molecular complexity index is 444. The Labute approximate surface area is 94.8 Å². The molecule has 1 aliphatic carbocycles. The fraction of sp³-hybridized carbons (Fsp3) is 0.615. The van der Waals surface area contributed by atoms with Gasteiger partial charge in [-0.25, -0.2) is 0 Å². The van der Waals surface area contributed by atoms with Crippen LogP contribution in [0.3, 0.4) is 0 Å². The lowest BCUT2D eigenvalue weighted by molar-refractivity contribution is 0.158. The normalized spacial score (nSPS) is 30.0. The molecule has 2 atom stereocenters. The van der Waals surface area contributed by atoms with Crippen molar-refractivity contribution in [2.24, 2.45) is 0 Å². The van der Waals surface area contributed by atoms with Crippen LogP contribution in [-0.2, 0) is 6.42 Å². The molecule has 0 radical (unpaired) electrons. The summed E-state index contributed by atoms with van der Waals surface area (Å²) >= 11 is 0. The van der Waals surface area contributed by atoms with Gasteiger partial charge in [-0.15, -0.1) is 0 Å². The van der Waals surface area contributed by atoms with E-state index >= 15 is 0 Å². The molecule has 3 heterocycles. The Morgan fingerprint density at radius 3 is 3.12 bits per heavy atom. The average Bonchev–Trinajstić information content (AvgIpc) is 2.88. The maximum Gasteiger partial charge on any atom is 0.220 e. The third kappa shape index (κ3) is 1.11. The van der Waals surface area contributed by atoms with E-state index in [1.165, 1.54) is 36.8 Å². The summed E-state index contributed by atoms with van der Waals surface area (Å²) in [5.41, 5.74) is 2.61. The predicted molar refractivity (Wildman–Crippen MR) is 59.1 cm³/mol. The molecule has 0 bridgehead atoms.